The highest BCUT2D eigenvalue weighted by Gasteiger charge is 2.42. The van der Waals surface area contributed by atoms with Crippen molar-refractivity contribution in [2.75, 3.05) is 0 Å². The number of hydrogen-bond acceptors (Lipinski definition) is 4. The summed E-state index contributed by atoms with van der Waals surface area (Å²) in [6, 6.07) is 6.02. The van der Waals surface area contributed by atoms with Crippen LogP contribution in [-0.2, 0) is 9.53 Å². The average Bonchev–Trinajstić information content (AvgIpc) is 2.53. The van der Waals surface area contributed by atoms with Crippen molar-refractivity contribution in [2.45, 2.75) is 38.0 Å². The molecule has 0 spiro atoms. The Kier molecular flexibility index (Phi) is 5.64. The molecule has 0 N–H and O–H groups in total. The third-order valence-corrected chi connectivity index (χ3v) is 3.97. The van der Waals surface area contributed by atoms with Gasteiger partial charge in [0.05, 0.1) is 17.5 Å². The maximum absolute atomic E-state index is 12.6. The van der Waals surface area contributed by atoms with E-state index in [1.54, 1.807) is 0 Å². The minimum absolute atomic E-state index is 0.0333. The molecule has 1 fully saturated rings. The van der Waals surface area contributed by atoms with Crippen molar-refractivity contribution in [1.29, 1.82) is 0 Å². The van der Waals surface area contributed by atoms with E-state index in [2.05, 4.69) is 0 Å². The summed E-state index contributed by atoms with van der Waals surface area (Å²) in [5, 5.41) is 10.3. The van der Waals surface area contributed by atoms with E-state index in [0.717, 1.165) is 6.08 Å². The van der Waals surface area contributed by atoms with Crippen LogP contribution in [0.5, 0.6) is 0 Å². The second-order valence-corrected chi connectivity index (χ2v) is 5.69. The number of carboxylic acids is 1. The van der Waals surface area contributed by atoms with Gasteiger partial charge in [0.1, 0.15) is 6.10 Å². The van der Waals surface area contributed by atoms with Crippen molar-refractivity contribution < 1.29 is 32.6 Å². The predicted molar refractivity (Wildman–Crippen MR) is 77.7 cm³/mol. The minimum atomic E-state index is -4.19. The van der Waals surface area contributed by atoms with E-state index >= 15 is 0 Å². The van der Waals surface area contributed by atoms with Gasteiger partial charge in [-0.05, 0) is 49.5 Å². The SMILES string of the molecule is O=C([O-])C=Cc1ccc(C(=O)OC2CCC(C(F)(F)F)CC2)cc1. The van der Waals surface area contributed by atoms with Crippen molar-refractivity contribution in [2.24, 2.45) is 5.92 Å². The van der Waals surface area contributed by atoms with Crippen LogP contribution in [0.3, 0.4) is 0 Å². The van der Waals surface area contributed by atoms with Crippen molar-refractivity contribution >= 4 is 18.0 Å². The summed E-state index contributed by atoms with van der Waals surface area (Å²) in [6.45, 7) is 0. The fourth-order valence-corrected chi connectivity index (χ4v) is 2.62. The number of ether oxygens (including phenoxy) is 1. The van der Waals surface area contributed by atoms with Gasteiger partial charge < -0.3 is 14.6 Å². The van der Waals surface area contributed by atoms with Crippen LogP contribution in [0.1, 0.15) is 41.6 Å². The van der Waals surface area contributed by atoms with E-state index < -0.39 is 30.1 Å². The van der Waals surface area contributed by atoms with Crippen molar-refractivity contribution in [3.63, 3.8) is 0 Å². The molecule has 0 aliphatic heterocycles. The highest BCUT2D eigenvalue weighted by molar-refractivity contribution is 5.90. The van der Waals surface area contributed by atoms with Crippen LogP contribution in [-0.4, -0.2) is 24.2 Å². The van der Waals surface area contributed by atoms with E-state index in [9.17, 15) is 27.9 Å². The lowest BCUT2D eigenvalue weighted by molar-refractivity contribution is -0.297. The van der Waals surface area contributed by atoms with Crippen molar-refractivity contribution in [1.82, 2.24) is 0 Å². The molecule has 4 nitrogen and oxygen atoms in total. The molecule has 0 saturated heterocycles. The van der Waals surface area contributed by atoms with E-state index in [1.165, 1.54) is 30.3 Å². The summed E-state index contributed by atoms with van der Waals surface area (Å²) in [5.74, 6) is -3.24. The molecule has 0 radical (unpaired) electrons. The molecular formula is C17H16F3O4-. The first-order valence-electron chi connectivity index (χ1n) is 7.52. The number of benzene rings is 1. The van der Waals surface area contributed by atoms with Crippen molar-refractivity contribution in [3.8, 4) is 0 Å². The van der Waals surface area contributed by atoms with Gasteiger partial charge in [-0.3, -0.25) is 0 Å². The molecule has 24 heavy (non-hydrogen) atoms. The van der Waals surface area contributed by atoms with Gasteiger partial charge in [0.2, 0.25) is 0 Å². The summed E-state index contributed by atoms with van der Waals surface area (Å²) >= 11 is 0. The smallest absolute Gasteiger partial charge is 0.391 e. The van der Waals surface area contributed by atoms with Gasteiger partial charge in [-0.25, -0.2) is 4.79 Å². The highest BCUT2D eigenvalue weighted by atomic mass is 19.4. The monoisotopic (exact) mass is 341 g/mol. The van der Waals surface area contributed by atoms with Crippen LogP contribution < -0.4 is 5.11 Å². The number of aliphatic carboxylic acids is 1. The molecule has 1 aliphatic rings. The number of halogens is 3. The van der Waals surface area contributed by atoms with Crippen LogP contribution in [0.2, 0.25) is 0 Å². The maximum atomic E-state index is 12.6. The average molecular weight is 341 g/mol. The molecule has 0 amide bonds. The Morgan fingerprint density at radius 2 is 1.67 bits per heavy atom. The quantitative estimate of drug-likeness (QED) is 0.624. The number of alkyl halides is 3. The first-order valence-corrected chi connectivity index (χ1v) is 7.52. The molecular weight excluding hydrogens is 325 g/mol. The fraction of sp³-hybridized carbons (Fsp3) is 0.412. The highest BCUT2D eigenvalue weighted by Crippen LogP contribution is 2.38. The number of esters is 1. The summed E-state index contributed by atoms with van der Waals surface area (Å²) in [4.78, 5) is 22.3. The lowest BCUT2D eigenvalue weighted by Gasteiger charge is -2.29. The molecule has 1 aromatic carbocycles. The zero-order chi connectivity index (χ0) is 17.7. The van der Waals surface area contributed by atoms with Gasteiger partial charge >= 0.3 is 12.1 Å². The van der Waals surface area contributed by atoms with Crippen LogP contribution in [0.25, 0.3) is 6.08 Å². The molecule has 1 saturated carbocycles. The summed E-state index contributed by atoms with van der Waals surface area (Å²) < 4.78 is 43.0. The van der Waals surface area contributed by atoms with Gasteiger partial charge in [-0.2, -0.15) is 13.2 Å². The molecule has 0 bridgehead atoms. The number of carbonyl (C=O) groups is 2. The predicted octanol–water partition coefficient (Wildman–Crippen LogP) is 2.73. The molecule has 1 aromatic rings. The number of carbonyl (C=O) groups excluding carboxylic acids is 2. The number of carboxylic acid groups (broad SMARTS) is 1. The number of rotatable bonds is 4. The van der Waals surface area contributed by atoms with E-state index in [1.807, 2.05) is 0 Å². The van der Waals surface area contributed by atoms with Crippen LogP contribution in [0.4, 0.5) is 13.2 Å². The zero-order valence-corrected chi connectivity index (χ0v) is 12.7. The Balaban J connectivity index is 1.88. The van der Waals surface area contributed by atoms with Gasteiger partial charge in [0.15, 0.2) is 0 Å². The van der Waals surface area contributed by atoms with E-state index in [0.29, 0.717) is 5.56 Å². The largest absolute Gasteiger partial charge is 0.545 e. The third kappa shape index (κ3) is 5.11. The Morgan fingerprint density at radius 1 is 1.08 bits per heavy atom. The summed E-state index contributed by atoms with van der Waals surface area (Å²) in [5.41, 5.74) is 0.833. The first-order chi connectivity index (χ1) is 11.3. The summed E-state index contributed by atoms with van der Waals surface area (Å²) in [6.07, 6.45) is -2.18. The molecule has 2 rings (SSSR count). The Labute approximate surface area is 136 Å². The van der Waals surface area contributed by atoms with E-state index in [4.69, 9.17) is 4.74 Å². The fourth-order valence-electron chi connectivity index (χ4n) is 2.62. The normalized spacial score (nSPS) is 21.6. The molecule has 0 aromatic heterocycles. The third-order valence-electron chi connectivity index (χ3n) is 3.97. The van der Waals surface area contributed by atoms with Crippen LogP contribution in [0, 0.1) is 5.92 Å². The Morgan fingerprint density at radius 3 is 2.17 bits per heavy atom. The Hall–Kier alpha value is -2.31. The first kappa shape index (κ1) is 18.0. The van der Waals surface area contributed by atoms with E-state index in [-0.39, 0.29) is 31.2 Å². The van der Waals surface area contributed by atoms with Gasteiger partial charge in [-0.1, -0.05) is 18.2 Å². The van der Waals surface area contributed by atoms with Crippen LogP contribution >= 0.6 is 0 Å². The zero-order valence-electron chi connectivity index (χ0n) is 12.7. The van der Waals surface area contributed by atoms with Gasteiger partial charge in [0.25, 0.3) is 0 Å². The molecule has 0 heterocycles. The molecule has 130 valence electrons. The standard InChI is InChI=1S/C17H17F3O4/c18-17(19,20)13-6-8-14(9-7-13)24-16(23)12-4-1-11(2-5-12)3-10-15(21)22/h1-5,10,13-14H,6-9H2,(H,21,22)/p-1. The maximum Gasteiger partial charge on any atom is 0.391 e. The topological polar surface area (TPSA) is 66.4 Å². The lowest BCUT2D eigenvalue weighted by Crippen LogP contribution is -2.31. The molecule has 7 heteroatoms. The summed E-state index contributed by atoms with van der Waals surface area (Å²) in [7, 11) is 0. The second-order valence-electron chi connectivity index (χ2n) is 5.69. The van der Waals surface area contributed by atoms with Crippen LogP contribution in [0.15, 0.2) is 30.3 Å². The van der Waals surface area contributed by atoms with Gasteiger partial charge in [0, 0.05) is 0 Å². The molecule has 0 atom stereocenters. The molecule has 0 unspecified atom stereocenters. The second kappa shape index (κ2) is 7.51. The van der Waals surface area contributed by atoms with Gasteiger partial charge in [-0.15, -0.1) is 0 Å². The Bertz CT molecular complexity index is 612. The number of hydrogen-bond donors (Lipinski definition) is 0. The van der Waals surface area contributed by atoms with Crippen molar-refractivity contribution in [3.05, 3.63) is 41.5 Å². The minimum Gasteiger partial charge on any atom is -0.545 e. The molecule has 1 aliphatic carbocycles. The lowest BCUT2D eigenvalue weighted by atomic mass is 9.87.